The number of aromatic nitrogens is 1. The second kappa shape index (κ2) is 5.82. The van der Waals surface area contributed by atoms with Gasteiger partial charge in [-0.1, -0.05) is 0 Å². The fourth-order valence-electron chi connectivity index (χ4n) is 2.30. The van der Waals surface area contributed by atoms with Crippen molar-refractivity contribution in [2.75, 3.05) is 26.4 Å². The van der Waals surface area contributed by atoms with E-state index in [0.29, 0.717) is 26.1 Å². The highest BCUT2D eigenvalue weighted by Crippen LogP contribution is 2.35. The van der Waals surface area contributed by atoms with E-state index < -0.39 is 15.6 Å². The van der Waals surface area contributed by atoms with Gasteiger partial charge >= 0.3 is 0 Å². The minimum Gasteiger partial charge on any atom is -0.475 e. The van der Waals surface area contributed by atoms with Crippen molar-refractivity contribution in [1.82, 2.24) is 4.98 Å². The third-order valence-electron chi connectivity index (χ3n) is 3.48. The molecule has 0 radical (unpaired) electrons. The summed E-state index contributed by atoms with van der Waals surface area (Å²) < 4.78 is 44.5. The van der Waals surface area contributed by atoms with Gasteiger partial charge in [0, 0.05) is 18.9 Å². The predicted molar refractivity (Wildman–Crippen MR) is 75.9 cm³/mol. The number of fused-ring (bicyclic) bond motifs is 1. The Morgan fingerprint density at radius 1 is 1.32 bits per heavy atom. The summed E-state index contributed by atoms with van der Waals surface area (Å²) in [5, 5.41) is 8.78. The van der Waals surface area contributed by atoms with Crippen LogP contribution in [0, 0.1) is 0 Å². The summed E-state index contributed by atoms with van der Waals surface area (Å²) in [6.07, 6.45) is 2.32. The molecule has 0 saturated carbocycles. The molecule has 1 N–H and O–H groups in total. The topological polar surface area (TPSA) is 107 Å². The van der Waals surface area contributed by atoms with Gasteiger partial charge in [0.2, 0.25) is 11.8 Å². The van der Waals surface area contributed by atoms with Gasteiger partial charge in [-0.15, -0.1) is 0 Å². The van der Waals surface area contributed by atoms with Crippen LogP contribution in [-0.4, -0.2) is 56.8 Å². The summed E-state index contributed by atoms with van der Waals surface area (Å²) in [7, 11) is -3.85. The van der Waals surface area contributed by atoms with Crippen LogP contribution in [0.5, 0.6) is 11.8 Å². The van der Waals surface area contributed by atoms with Gasteiger partial charge in [0.15, 0.2) is 10.5 Å². The van der Waals surface area contributed by atoms with E-state index in [4.69, 9.17) is 19.3 Å². The first kappa shape index (κ1) is 15.2. The number of sulfonamides is 1. The lowest BCUT2D eigenvalue weighted by molar-refractivity contribution is -0.00612. The summed E-state index contributed by atoms with van der Waals surface area (Å²) in [4.78, 5) is 4.01. The molecule has 0 amide bonds. The van der Waals surface area contributed by atoms with Crippen LogP contribution in [-0.2, 0) is 14.8 Å². The molecule has 1 aromatic heterocycles. The second-order valence-corrected chi connectivity index (χ2v) is 6.61. The molecule has 3 heterocycles. The number of hydrogen-bond donors (Lipinski definition) is 1. The van der Waals surface area contributed by atoms with Crippen LogP contribution in [0.15, 0.2) is 21.4 Å². The summed E-state index contributed by atoms with van der Waals surface area (Å²) in [5.74, 6) is 0.155. The Morgan fingerprint density at radius 2 is 2.09 bits per heavy atom. The molecule has 9 heteroatoms. The number of pyridine rings is 1. The summed E-state index contributed by atoms with van der Waals surface area (Å²) in [6, 6.07) is 2.76. The van der Waals surface area contributed by atoms with Crippen molar-refractivity contribution < 1.29 is 27.7 Å². The Morgan fingerprint density at radius 3 is 2.82 bits per heavy atom. The Kier molecular flexibility index (Phi) is 4.02. The normalized spacial score (nSPS) is 21.7. The lowest BCUT2D eigenvalue weighted by Gasteiger charge is -2.32. The van der Waals surface area contributed by atoms with Crippen LogP contribution < -0.4 is 9.47 Å². The number of rotatable bonds is 3. The zero-order valence-corrected chi connectivity index (χ0v) is 12.6. The molecule has 8 nitrogen and oxygen atoms in total. The summed E-state index contributed by atoms with van der Waals surface area (Å²) in [5.41, 5.74) is -0.834. The molecule has 0 unspecified atom stereocenters. The Balaban J connectivity index is 2.01. The third-order valence-corrected chi connectivity index (χ3v) is 4.73. The molecule has 1 fully saturated rings. The van der Waals surface area contributed by atoms with Gasteiger partial charge in [-0.25, -0.2) is 0 Å². The van der Waals surface area contributed by atoms with Gasteiger partial charge in [-0.05, 0) is 6.07 Å². The van der Waals surface area contributed by atoms with Crippen LogP contribution in [0.4, 0.5) is 0 Å². The standard InChI is InChI=1S/C13H16N2O6S/c16-5-8-20-11-2-1-10-12(15-11)21-13(3-6-19-7-4-13)9-14-22(10,17)18/h1-2,9,16H,3-8H2. The van der Waals surface area contributed by atoms with Crippen molar-refractivity contribution in [1.29, 1.82) is 0 Å². The molecule has 1 aromatic rings. The highest BCUT2D eigenvalue weighted by atomic mass is 32.2. The zero-order chi connectivity index (χ0) is 15.6. The Hall–Kier alpha value is -1.71. The average molecular weight is 328 g/mol. The van der Waals surface area contributed by atoms with Crippen molar-refractivity contribution in [3.63, 3.8) is 0 Å². The van der Waals surface area contributed by atoms with Gasteiger partial charge in [0.25, 0.3) is 10.0 Å². The summed E-state index contributed by atoms with van der Waals surface area (Å²) in [6.45, 7) is 0.820. The quantitative estimate of drug-likeness (QED) is 0.841. The van der Waals surface area contributed by atoms with E-state index in [0.717, 1.165) is 0 Å². The first-order chi connectivity index (χ1) is 10.5. The van der Waals surface area contributed by atoms with Crippen molar-refractivity contribution in [3.8, 4) is 11.8 Å². The first-order valence-corrected chi connectivity index (χ1v) is 8.32. The maximum atomic E-state index is 12.2. The monoisotopic (exact) mass is 328 g/mol. The highest BCUT2D eigenvalue weighted by Gasteiger charge is 2.39. The lowest BCUT2D eigenvalue weighted by Crippen LogP contribution is -2.43. The molecule has 2 aliphatic heterocycles. The largest absolute Gasteiger partial charge is 0.475 e. The van der Waals surface area contributed by atoms with E-state index in [-0.39, 0.29) is 29.9 Å². The fourth-order valence-corrected chi connectivity index (χ4v) is 3.29. The number of ether oxygens (including phenoxy) is 3. The second-order valence-electron chi connectivity index (χ2n) is 5.01. The fraction of sp³-hybridized carbons (Fsp3) is 0.538. The Bertz CT molecular complexity index is 682. The smallest absolute Gasteiger partial charge is 0.287 e. The van der Waals surface area contributed by atoms with E-state index in [2.05, 4.69) is 9.38 Å². The van der Waals surface area contributed by atoms with Crippen LogP contribution in [0.25, 0.3) is 0 Å². The molecule has 120 valence electrons. The predicted octanol–water partition coefficient (Wildman–Crippen LogP) is 0.154. The van der Waals surface area contributed by atoms with Gasteiger partial charge < -0.3 is 19.3 Å². The maximum Gasteiger partial charge on any atom is 0.287 e. The number of aliphatic hydroxyl groups excluding tert-OH is 1. The molecule has 1 spiro atoms. The molecule has 0 atom stereocenters. The Labute approximate surface area is 127 Å². The molecule has 0 aromatic carbocycles. The van der Waals surface area contributed by atoms with E-state index >= 15 is 0 Å². The van der Waals surface area contributed by atoms with Gasteiger partial charge in [0.05, 0.1) is 26.0 Å². The summed E-state index contributed by atoms with van der Waals surface area (Å²) >= 11 is 0. The van der Waals surface area contributed by atoms with E-state index in [1.165, 1.54) is 18.3 Å². The van der Waals surface area contributed by atoms with Crippen LogP contribution >= 0.6 is 0 Å². The van der Waals surface area contributed by atoms with Crippen molar-refractivity contribution in [2.24, 2.45) is 4.40 Å². The van der Waals surface area contributed by atoms with E-state index in [1.807, 2.05) is 0 Å². The number of nitrogens with zero attached hydrogens (tertiary/aromatic N) is 2. The molecule has 0 aliphatic carbocycles. The van der Waals surface area contributed by atoms with E-state index in [9.17, 15) is 8.42 Å². The molecular formula is C13H16N2O6S. The third kappa shape index (κ3) is 2.92. The van der Waals surface area contributed by atoms with Crippen molar-refractivity contribution in [2.45, 2.75) is 23.3 Å². The lowest BCUT2D eigenvalue weighted by atomic mass is 9.96. The molecule has 3 rings (SSSR count). The molecule has 2 aliphatic rings. The average Bonchev–Trinajstić information content (AvgIpc) is 2.61. The van der Waals surface area contributed by atoms with Gasteiger partial charge in [-0.2, -0.15) is 17.8 Å². The first-order valence-electron chi connectivity index (χ1n) is 6.88. The molecule has 1 saturated heterocycles. The van der Waals surface area contributed by atoms with E-state index in [1.54, 1.807) is 0 Å². The van der Waals surface area contributed by atoms with Crippen LogP contribution in [0.3, 0.4) is 0 Å². The van der Waals surface area contributed by atoms with Crippen molar-refractivity contribution >= 4 is 16.2 Å². The minimum absolute atomic E-state index is 0.0326. The van der Waals surface area contributed by atoms with Crippen molar-refractivity contribution in [3.05, 3.63) is 12.1 Å². The number of hydrogen-bond acceptors (Lipinski definition) is 7. The van der Waals surface area contributed by atoms with Gasteiger partial charge in [0.1, 0.15) is 6.61 Å². The molecular weight excluding hydrogens is 312 g/mol. The highest BCUT2D eigenvalue weighted by molar-refractivity contribution is 7.90. The van der Waals surface area contributed by atoms with Gasteiger partial charge in [-0.3, -0.25) is 0 Å². The molecule has 22 heavy (non-hydrogen) atoms. The SMILES string of the molecule is O=S1(=O)N=CC2(CCOCC2)Oc2nc(OCCO)ccc21. The number of aliphatic hydroxyl groups is 1. The zero-order valence-electron chi connectivity index (χ0n) is 11.8. The minimum atomic E-state index is -3.85. The molecule has 0 bridgehead atoms. The maximum absolute atomic E-state index is 12.2. The van der Waals surface area contributed by atoms with Crippen LogP contribution in [0.1, 0.15) is 12.8 Å². The van der Waals surface area contributed by atoms with Crippen LogP contribution in [0.2, 0.25) is 0 Å².